The van der Waals surface area contributed by atoms with Crippen molar-refractivity contribution in [2.24, 2.45) is 5.73 Å². The second-order valence-electron chi connectivity index (χ2n) is 7.11. The second kappa shape index (κ2) is 8.99. The fourth-order valence-corrected chi connectivity index (χ4v) is 4.43. The molecule has 0 aliphatic heterocycles. The number of halogens is 4. The van der Waals surface area contributed by atoms with Gasteiger partial charge in [-0.1, -0.05) is 23.7 Å². The largest absolute Gasteiger partial charge is 0.484 e. The van der Waals surface area contributed by atoms with Gasteiger partial charge in [-0.15, -0.1) is 11.3 Å². The molecule has 0 saturated heterocycles. The minimum atomic E-state index is -4.67. The Kier molecular flexibility index (Phi) is 6.24. The molecule has 4 rings (SSSR count). The van der Waals surface area contributed by atoms with Crippen LogP contribution < -0.4 is 15.8 Å². The number of primary amides is 1. The Balaban J connectivity index is 1.60. The Labute approximate surface area is 199 Å². The van der Waals surface area contributed by atoms with Crippen molar-refractivity contribution in [1.29, 1.82) is 0 Å². The molecule has 3 heterocycles. The first-order valence-electron chi connectivity index (χ1n) is 9.63. The third kappa shape index (κ3) is 4.70. The van der Waals surface area contributed by atoms with Crippen LogP contribution in [0.25, 0.3) is 10.2 Å². The number of thiophene rings is 1. The van der Waals surface area contributed by atoms with Gasteiger partial charge in [0.25, 0.3) is 11.8 Å². The molecule has 4 aromatic rings. The van der Waals surface area contributed by atoms with Crippen LogP contribution in [-0.4, -0.2) is 16.8 Å². The topological polar surface area (TPSA) is 107 Å². The number of ether oxygens (including phenoxy) is 1. The first kappa shape index (κ1) is 23.6. The first-order valence-corrected chi connectivity index (χ1v) is 10.8. The van der Waals surface area contributed by atoms with Gasteiger partial charge in [-0.2, -0.15) is 13.2 Å². The maximum absolute atomic E-state index is 13.1. The molecule has 0 unspecified atom stereocenters. The smallest absolute Gasteiger partial charge is 0.433 e. The molecule has 1 aromatic carbocycles. The molecule has 0 fully saturated rings. The maximum atomic E-state index is 13.1. The molecule has 0 bridgehead atoms. The van der Waals surface area contributed by atoms with Crippen molar-refractivity contribution >= 4 is 50.7 Å². The molecule has 34 heavy (non-hydrogen) atoms. The average molecular weight is 510 g/mol. The van der Waals surface area contributed by atoms with Crippen molar-refractivity contribution in [2.75, 3.05) is 5.32 Å². The van der Waals surface area contributed by atoms with Crippen LogP contribution in [0.3, 0.4) is 0 Å². The van der Waals surface area contributed by atoms with Gasteiger partial charge in [-0.05, 0) is 42.8 Å². The number of carbonyl (C=O) groups excluding carboxylic acids is 2. The van der Waals surface area contributed by atoms with Crippen molar-refractivity contribution < 1.29 is 31.9 Å². The van der Waals surface area contributed by atoms with Gasteiger partial charge in [0.1, 0.15) is 33.5 Å². The van der Waals surface area contributed by atoms with Gasteiger partial charge in [0.15, 0.2) is 5.76 Å². The fraction of sp³-hybridized carbons (Fsp3) is 0.136. The number of nitrogens with one attached hydrogen (secondary N) is 1. The molecule has 0 atom stereocenters. The highest BCUT2D eigenvalue weighted by molar-refractivity contribution is 7.21. The van der Waals surface area contributed by atoms with E-state index in [0.717, 1.165) is 6.07 Å². The van der Waals surface area contributed by atoms with E-state index >= 15 is 0 Å². The zero-order valence-electron chi connectivity index (χ0n) is 17.3. The molecule has 0 aliphatic carbocycles. The van der Waals surface area contributed by atoms with Gasteiger partial charge in [-0.3, -0.25) is 9.59 Å². The Bertz CT molecular complexity index is 1410. The zero-order chi connectivity index (χ0) is 24.6. The molecule has 0 aliphatic rings. The summed E-state index contributed by atoms with van der Waals surface area (Å²) in [5.74, 6) is -0.998. The van der Waals surface area contributed by atoms with Gasteiger partial charge in [0.05, 0.1) is 10.7 Å². The number of hydrogen-bond acceptors (Lipinski definition) is 6. The number of nitrogens with two attached hydrogens (primary N) is 1. The van der Waals surface area contributed by atoms with E-state index in [1.54, 1.807) is 24.3 Å². The van der Waals surface area contributed by atoms with E-state index in [1.165, 1.54) is 19.1 Å². The number of nitrogens with zero attached hydrogens (tertiary/aromatic N) is 1. The lowest BCUT2D eigenvalue weighted by atomic mass is 10.1. The SMILES string of the molecule is Cc1cc(C(F)(F)F)nc2sc(C(N)=O)c(NC(=O)c3ccc(COc4ccccc4Cl)o3)c12. The number of hydrogen-bond donors (Lipinski definition) is 2. The number of anilines is 1. The van der Waals surface area contributed by atoms with Crippen molar-refractivity contribution in [3.05, 3.63) is 75.1 Å². The predicted molar refractivity (Wildman–Crippen MR) is 120 cm³/mol. The summed E-state index contributed by atoms with van der Waals surface area (Å²) < 4.78 is 50.5. The maximum Gasteiger partial charge on any atom is 0.433 e. The standard InChI is InChI=1S/C22H15ClF3N3O4S/c1-10-8-15(22(24,25)26)28-21-16(10)17(18(34-21)19(27)30)29-20(31)14-7-6-11(33-14)9-32-13-5-3-2-4-12(13)23/h2-8H,9H2,1H3,(H2,27,30)(H,29,31). The van der Waals surface area contributed by atoms with Crippen molar-refractivity contribution in [3.63, 3.8) is 0 Å². The van der Waals surface area contributed by atoms with Gasteiger partial charge in [0.2, 0.25) is 0 Å². The predicted octanol–water partition coefficient (Wildman–Crippen LogP) is 5.80. The molecule has 2 amide bonds. The number of fused-ring (bicyclic) bond motifs is 1. The first-order chi connectivity index (χ1) is 16.0. The molecular weight excluding hydrogens is 495 g/mol. The number of pyridine rings is 1. The lowest BCUT2D eigenvalue weighted by Crippen LogP contribution is -2.16. The highest BCUT2D eigenvalue weighted by atomic mass is 35.5. The minimum absolute atomic E-state index is 0.00578. The molecule has 176 valence electrons. The highest BCUT2D eigenvalue weighted by Gasteiger charge is 2.34. The summed E-state index contributed by atoms with van der Waals surface area (Å²) in [5, 5.41) is 3.12. The summed E-state index contributed by atoms with van der Waals surface area (Å²) >= 11 is 6.70. The van der Waals surface area contributed by atoms with Gasteiger partial charge >= 0.3 is 6.18 Å². The Morgan fingerprint density at radius 3 is 2.65 bits per heavy atom. The van der Waals surface area contributed by atoms with Crippen LogP contribution >= 0.6 is 22.9 Å². The molecule has 3 aromatic heterocycles. The average Bonchev–Trinajstić information content (AvgIpc) is 3.38. The van der Waals surface area contributed by atoms with E-state index in [-0.39, 0.29) is 38.7 Å². The number of rotatable bonds is 6. The van der Waals surface area contributed by atoms with Gasteiger partial charge < -0.3 is 20.2 Å². The lowest BCUT2D eigenvalue weighted by molar-refractivity contribution is -0.141. The summed E-state index contributed by atoms with van der Waals surface area (Å²) in [6, 6.07) is 10.6. The number of furan rings is 1. The lowest BCUT2D eigenvalue weighted by Gasteiger charge is -2.09. The number of amides is 2. The molecule has 0 saturated carbocycles. The van der Waals surface area contributed by atoms with E-state index in [0.29, 0.717) is 27.9 Å². The van der Waals surface area contributed by atoms with Crippen LogP contribution in [-0.2, 0) is 12.8 Å². The minimum Gasteiger partial charge on any atom is -0.484 e. The molecule has 12 heteroatoms. The summed E-state index contributed by atoms with van der Waals surface area (Å²) in [6.07, 6.45) is -4.67. The van der Waals surface area contributed by atoms with Crippen LogP contribution in [0.2, 0.25) is 5.02 Å². The molecule has 7 nitrogen and oxygen atoms in total. The van der Waals surface area contributed by atoms with Crippen LogP contribution in [0, 0.1) is 6.92 Å². The molecular formula is C22H15ClF3N3O4S. The van der Waals surface area contributed by atoms with Crippen LogP contribution in [0.4, 0.5) is 18.9 Å². The molecule has 3 N–H and O–H groups in total. The highest BCUT2D eigenvalue weighted by Crippen LogP contribution is 2.40. The summed E-state index contributed by atoms with van der Waals surface area (Å²) in [6.45, 7) is 1.41. The van der Waals surface area contributed by atoms with Crippen LogP contribution in [0.5, 0.6) is 5.75 Å². The van der Waals surface area contributed by atoms with E-state index in [9.17, 15) is 22.8 Å². The van der Waals surface area contributed by atoms with E-state index in [4.69, 9.17) is 26.5 Å². The third-order valence-electron chi connectivity index (χ3n) is 4.70. The second-order valence-corrected chi connectivity index (χ2v) is 8.52. The quantitative estimate of drug-likeness (QED) is 0.341. The van der Waals surface area contributed by atoms with Crippen LogP contribution in [0.1, 0.15) is 37.2 Å². The zero-order valence-corrected chi connectivity index (χ0v) is 18.9. The van der Waals surface area contributed by atoms with E-state index in [2.05, 4.69) is 10.3 Å². The van der Waals surface area contributed by atoms with Crippen molar-refractivity contribution in [3.8, 4) is 5.75 Å². The number of para-hydroxylation sites is 1. The normalized spacial score (nSPS) is 11.6. The molecule has 0 radical (unpaired) electrons. The summed E-state index contributed by atoms with van der Waals surface area (Å²) in [4.78, 5) is 28.1. The van der Waals surface area contributed by atoms with Gasteiger partial charge in [-0.25, -0.2) is 4.98 Å². The monoisotopic (exact) mass is 509 g/mol. The van der Waals surface area contributed by atoms with Gasteiger partial charge in [0, 0.05) is 5.39 Å². The Hall–Kier alpha value is -3.57. The number of alkyl halides is 3. The Morgan fingerprint density at radius 2 is 1.97 bits per heavy atom. The van der Waals surface area contributed by atoms with Crippen LogP contribution in [0.15, 0.2) is 46.9 Å². The number of aryl methyl sites for hydroxylation is 1. The Morgan fingerprint density at radius 1 is 1.24 bits per heavy atom. The fourth-order valence-electron chi connectivity index (χ4n) is 3.18. The van der Waals surface area contributed by atoms with E-state index in [1.807, 2.05) is 0 Å². The number of aromatic nitrogens is 1. The number of benzene rings is 1. The molecule has 0 spiro atoms. The van der Waals surface area contributed by atoms with Crippen molar-refractivity contribution in [2.45, 2.75) is 19.7 Å². The van der Waals surface area contributed by atoms with E-state index < -0.39 is 23.7 Å². The van der Waals surface area contributed by atoms with Crippen molar-refractivity contribution in [1.82, 2.24) is 4.98 Å². The summed E-state index contributed by atoms with van der Waals surface area (Å²) in [7, 11) is 0. The third-order valence-corrected chi connectivity index (χ3v) is 6.11. The summed E-state index contributed by atoms with van der Waals surface area (Å²) in [5.41, 5.74) is 4.43. The number of carbonyl (C=O) groups is 2.